The van der Waals surface area contributed by atoms with Gasteiger partial charge in [-0.05, 0) is 18.1 Å². The van der Waals surface area contributed by atoms with Crippen LogP contribution in [0.15, 0.2) is 24.4 Å². The van der Waals surface area contributed by atoms with Crippen molar-refractivity contribution in [1.29, 1.82) is 0 Å². The van der Waals surface area contributed by atoms with Gasteiger partial charge in [0.2, 0.25) is 5.91 Å². The maximum atomic E-state index is 12.5. The summed E-state index contributed by atoms with van der Waals surface area (Å²) in [6.07, 6.45) is 1.63. The summed E-state index contributed by atoms with van der Waals surface area (Å²) in [4.78, 5) is 41.0. The first kappa shape index (κ1) is 15.9. The molecule has 1 unspecified atom stereocenters. The third-order valence-corrected chi connectivity index (χ3v) is 3.25. The highest BCUT2D eigenvalue weighted by atomic mass is 16.2. The average Bonchev–Trinajstić information content (AvgIpc) is 2.76. The molecule has 1 fully saturated rings. The van der Waals surface area contributed by atoms with Crippen LogP contribution in [0.25, 0.3) is 0 Å². The van der Waals surface area contributed by atoms with Crippen molar-refractivity contribution in [3.63, 3.8) is 0 Å². The Bertz CT molecular complexity index is 559. The number of nitrogens with zero attached hydrogens (tertiary/aromatic N) is 2. The summed E-state index contributed by atoms with van der Waals surface area (Å²) in [6.45, 7) is 4.99. The van der Waals surface area contributed by atoms with E-state index in [1.807, 2.05) is 32.0 Å². The average molecular weight is 304 g/mol. The summed E-state index contributed by atoms with van der Waals surface area (Å²) < 4.78 is 0. The molecule has 0 spiro atoms. The first-order valence-corrected chi connectivity index (χ1v) is 7.24. The van der Waals surface area contributed by atoms with Gasteiger partial charge in [0.25, 0.3) is 5.91 Å². The zero-order valence-corrected chi connectivity index (χ0v) is 12.7. The Labute approximate surface area is 129 Å². The van der Waals surface area contributed by atoms with Gasteiger partial charge in [-0.2, -0.15) is 0 Å². The van der Waals surface area contributed by atoms with E-state index in [0.717, 1.165) is 5.69 Å². The molecule has 0 aliphatic carbocycles. The molecule has 7 nitrogen and oxygen atoms in total. The molecule has 0 radical (unpaired) electrons. The number of pyridine rings is 1. The highest BCUT2D eigenvalue weighted by molar-refractivity contribution is 6.05. The predicted octanol–water partition coefficient (Wildman–Crippen LogP) is 0.664. The molecule has 22 heavy (non-hydrogen) atoms. The number of nitrogens with one attached hydrogen (secondary N) is 2. The van der Waals surface area contributed by atoms with E-state index in [2.05, 4.69) is 15.6 Å². The van der Waals surface area contributed by atoms with Crippen LogP contribution < -0.4 is 10.6 Å². The Kier molecular flexibility index (Phi) is 5.08. The molecule has 118 valence electrons. The molecule has 1 aliphatic heterocycles. The van der Waals surface area contributed by atoms with Crippen LogP contribution in [-0.4, -0.2) is 40.3 Å². The molecule has 1 aromatic heterocycles. The van der Waals surface area contributed by atoms with Gasteiger partial charge in [-0.25, -0.2) is 4.79 Å². The van der Waals surface area contributed by atoms with Gasteiger partial charge in [-0.3, -0.25) is 19.9 Å². The highest BCUT2D eigenvalue weighted by Gasteiger charge is 2.32. The summed E-state index contributed by atoms with van der Waals surface area (Å²) >= 11 is 0. The molecule has 1 aliphatic rings. The molecule has 7 heteroatoms. The third kappa shape index (κ3) is 4.28. The number of hydrogen-bond acceptors (Lipinski definition) is 4. The fraction of sp³-hybridized carbons (Fsp3) is 0.467. The molecular weight excluding hydrogens is 284 g/mol. The smallest absolute Gasteiger partial charge is 0.322 e. The minimum absolute atomic E-state index is 0.0445. The second-order valence-corrected chi connectivity index (χ2v) is 5.71. The van der Waals surface area contributed by atoms with E-state index in [9.17, 15) is 14.4 Å². The Hall–Kier alpha value is -2.44. The van der Waals surface area contributed by atoms with Crippen molar-refractivity contribution in [2.24, 2.45) is 5.92 Å². The van der Waals surface area contributed by atoms with Gasteiger partial charge in [-0.15, -0.1) is 0 Å². The summed E-state index contributed by atoms with van der Waals surface area (Å²) in [5.74, 6) is -0.345. The molecule has 1 atom stereocenters. The lowest BCUT2D eigenvalue weighted by Gasteiger charge is -2.25. The quantitative estimate of drug-likeness (QED) is 0.755. The molecule has 1 aromatic rings. The van der Waals surface area contributed by atoms with Crippen molar-refractivity contribution in [2.75, 3.05) is 6.54 Å². The van der Waals surface area contributed by atoms with Gasteiger partial charge < -0.3 is 10.2 Å². The Morgan fingerprint density at radius 3 is 2.68 bits per heavy atom. The summed E-state index contributed by atoms with van der Waals surface area (Å²) in [5, 5.41) is 4.57. The van der Waals surface area contributed by atoms with Crippen LogP contribution in [0.1, 0.15) is 26.0 Å². The van der Waals surface area contributed by atoms with Crippen molar-refractivity contribution in [1.82, 2.24) is 20.5 Å². The van der Waals surface area contributed by atoms with Crippen molar-refractivity contribution < 1.29 is 14.4 Å². The van der Waals surface area contributed by atoms with Crippen LogP contribution in [0, 0.1) is 5.92 Å². The van der Waals surface area contributed by atoms with Crippen molar-refractivity contribution in [2.45, 2.75) is 32.9 Å². The molecule has 2 rings (SSSR count). The van der Waals surface area contributed by atoms with Gasteiger partial charge in [0.15, 0.2) is 0 Å². The first-order chi connectivity index (χ1) is 10.5. The van der Waals surface area contributed by atoms with Crippen LogP contribution in [0.4, 0.5) is 4.79 Å². The van der Waals surface area contributed by atoms with E-state index >= 15 is 0 Å². The fourth-order valence-corrected chi connectivity index (χ4v) is 2.29. The van der Waals surface area contributed by atoms with Crippen molar-refractivity contribution >= 4 is 17.8 Å². The molecular formula is C15H20N4O3. The Balaban J connectivity index is 2.03. The van der Waals surface area contributed by atoms with Crippen molar-refractivity contribution in [3.8, 4) is 0 Å². The van der Waals surface area contributed by atoms with E-state index in [0.29, 0.717) is 19.0 Å². The van der Waals surface area contributed by atoms with Gasteiger partial charge in [-0.1, -0.05) is 19.9 Å². The van der Waals surface area contributed by atoms with Crippen LogP contribution in [-0.2, 0) is 16.1 Å². The standard InChI is InChI=1S/C15H20N4O3/c1-10(2)8-19(9-11-5-3-4-6-16-11)13(20)7-12-14(21)18-15(22)17-12/h3-6,10,12H,7-9H2,1-2H3,(H2,17,18,21,22). The molecule has 4 amide bonds. The topological polar surface area (TPSA) is 91.4 Å². The number of hydrogen-bond donors (Lipinski definition) is 2. The number of urea groups is 1. The van der Waals surface area contributed by atoms with Gasteiger partial charge in [0, 0.05) is 12.7 Å². The lowest BCUT2D eigenvalue weighted by molar-refractivity contribution is -0.135. The van der Waals surface area contributed by atoms with E-state index in [4.69, 9.17) is 0 Å². The second-order valence-electron chi connectivity index (χ2n) is 5.71. The Morgan fingerprint density at radius 1 is 1.36 bits per heavy atom. The van der Waals surface area contributed by atoms with E-state index < -0.39 is 18.0 Å². The SMILES string of the molecule is CC(C)CN(Cc1ccccn1)C(=O)CC1NC(=O)NC1=O. The maximum Gasteiger partial charge on any atom is 0.322 e. The highest BCUT2D eigenvalue weighted by Crippen LogP contribution is 2.10. The zero-order valence-electron chi connectivity index (χ0n) is 12.7. The Morgan fingerprint density at radius 2 is 2.14 bits per heavy atom. The number of rotatable bonds is 6. The normalized spacial score (nSPS) is 17.3. The lowest BCUT2D eigenvalue weighted by atomic mass is 10.1. The minimum atomic E-state index is -0.793. The number of carbonyl (C=O) groups is 3. The van der Waals surface area contributed by atoms with Crippen LogP contribution in [0.5, 0.6) is 0 Å². The van der Waals surface area contributed by atoms with Crippen LogP contribution in [0.2, 0.25) is 0 Å². The van der Waals surface area contributed by atoms with Crippen molar-refractivity contribution in [3.05, 3.63) is 30.1 Å². The number of aromatic nitrogens is 1. The lowest BCUT2D eigenvalue weighted by Crippen LogP contribution is -2.40. The van der Waals surface area contributed by atoms with E-state index in [1.165, 1.54) is 0 Å². The maximum absolute atomic E-state index is 12.5. The number of imide groups is 1. The molecule has 2 N–H and O–H groups in total. The molecule has 0 aromatic carbocycles. The number of carbonyl (C=O) groups excluding carboxylic acids is 3. The number of amides is 4. The van der Waals surface area contributed by atoms with Gasteiger partial charge >= 0.3 is 6.03 Å². The fourth-order valence-electron chi connectivity index (χ4n) is 2.29. The first-order valence-electron chi connectivity index (χ1n) is 7.24. The predicted molar refractivity (Wildman–Crippen MR) is 79.6 cm³/mol. The second kappa shape index (κ2) is 7.02. The monoisotopic (exact) mass is 304 g/mol. The largest absolute Gasteiger partial charge is 0.336 e. The summed E-state index contributed by atoms with van der Waals surface area (Å²) in [5.41, 5.74) is 0.788. The summed E-state index contributed by atoms with van der Waals surface area (Å²) in [7, 11) is 0. The van der Waals surface area contributed by atoms with Crippen LogP contribution in [0.3, 0.4) is 0 Å². The molecule has 0 bridgehead atoms. The molecule has 1 saturated heterocycles. The van der Waals surface area contributed by atoms with Gasteiger partial charge in [0.05, 0.1) is 18.7 Å². The molecule has 2 heterocycles. The van der Waals surface area contributed by atoms with E-state index in [-0.39, 0.29) is 12.3 Å². The summed E-state index contributed by atoms with van der Waals surface area (Å²) in [6, 6.07) is 4.19. The van der Waals surface area contributed by atoms with E-state index in [1.54, 1.807) is 11.1 Å². The minimum Gasteiger partial charge on any atom is -0.336 e. The third-order valence-electron chi connectivity index (χ3n) is 3.25. The zero-order chi connectivity index (χ0) is 16.1. The van der Waals surface area contributed by atoms with Crippen LogP contribution >= 0.6 is 0 Å². The van der Waals surface area contributed by atoms with Gasteiger partial charge in [0.1, 0.15) is 6.04 Å². The molecule has 0 saturated carbocycles.